The number of unbranched alkanes of at least 4 members (excludes halogenated alkanes) is 2. The molecule has 0 saturated carbocycles. The van der Waals surface area contributed by atoms with E-state index in [9.17, 15) is 0 Å². The second-order valence-electron chi connectivity index (χ2n) is 7.44. The quantitative estimate of drug-likeness (QED) is 0.711. The Balaban J connectivity index is 1.65. The third-order valence-corrected chi connectivity index (χ3v) is 5.39. The van der Waals surface area contributed by atoms with Gasteiger partial charge in [-0.25, -0.2) is 9.97 Å². The Morgan fingerprint density at radius 2 is 1.84 bits per heavy atom. The second kappa shape index (κ2) is 8.65. The molecule has 0 aliphatic carbocycles. The largest absolute Gasteiger partial charge is 0.382 e. The molecule has 2 aromatic heterocycles. The third-order valence-electron chi connectivity index (χ3n) is 5.39. The molecule has 1 fully saturated rings. The summed E-state index contributed by atoms with van der Waals surface area (Å²) < 4.78 is 0. The van der Waals surface area contributed by atoms with E-state index in [1.807, 2.05) is 0 Å². The zero-order valence-electron chi connectivity index (χ0n) is 15.9. The summed E-state index contributed by atoms with van der Waals surface area (Å²) >= 11 is 0. The molecule has 5 heteroatoms. The zero-order valence-corrected chi connectivity index (χ0v) is 15.9. The number of H-pyrrole nitrogens is 1. The minimum atomic E-state index is 0.596. The average molecular weight is 344 g/mol. The van der Waals surface area contributed by atoms with Crippen molar-refractivity contribution < 1.29 is 0 Å². The summed E-state index contributed by atoms with van der Waals surface area (Å²) in [4.78, 5) is 15.3. The van der Waals surface area contributed by atoms with Crippen LogP contribution in [0.1, 0.15) is 69.0 Å². The number of piperidine rings is 1. The summed E-state index contributed by atoms with van der Waals surface area (Å²) in [6.45, 7) is 8.14. The number of hydrogen-bond acceptors (Lipinski definition) is 4. The van der Waals surface area contributed by atoms with Gasteiger partial charge in [0.25, 0.3) is 0 Å². The topological polar surface area (TPSA) is 70.8 Å². The van der Waals surface area contributed by atoms with Gasteiger partial charge in [-0.15, -0.1) is 0 Å². The van der Waals surface area contributed by atoms with Crippen LogP contribution >= 0.6 is 0 Å². The Morgan fingerprint density at radius 3 is 2.60 bits per heavy atom. The normalized spacial score (nSPS) is 15.9. The van der Waals surface area contributed by atoms with Crippen molar-refractivity contribution in [3.05, 3.63) is 17.1 Å². The number of aromatic amines is 1. The Hall–Kier alpha value is -1.62. The van der Waals surface area contributed by atoms with Crippen molar-refractivity contribution in [3.8, 4) is 0 Å². The molecule has 5 nitrogen and oxygen atoms in total. The first-order chi connectivity index (χ1) is 12.2. The molecule has 2 aromatic rings. The predicted molar refractivity (Wildman–Crippen MR) is 105 cm³/mol. The molecule has 0 bridgehead atoms. The first kappa shape index (κ1) is 18.2. The van der Waals surface area contributed by atoms with Crippen molar-refractivity contribution in [1.29, 1.82) is 0 Å². The summed E-state index contributed by atoms with van der Waals surface area (Å²) in [5.74, 6) is 1.49. The maximum absolute atomic E-state index is 6.17. The van der Waals surface area contributed by atoms with E-state index < -0.39 is 0 Å². The highest BCUT2D eigenvalue weighted by atomic mass is 15.1. The molecule has 138 valence electrons. The van der Waals surface area contributed by atoms with Crippen molar-refractivity contribution >= 4 is 16.9 Å². The van der Waals surface area contributed by atoms with E-state index in [0.29, 0.717) is 5.82 Å². The number of aryl methyl sites for hydroxylation is 3. The molecule has 0 amide bonds. The van der Waals surface area contributed by atoms with E-state index in [4.69, 9.17) is 10.7 Å². The average Bonchev–Trinajstić information content (AvgIpc) is 2.94. The summed E-state index contributed by atoms with van der Waals surface area (Å²) in [6.07, 6.45) is 10.9. The van der Waals surface area contributed by atoms with Crippen molar-refractivity contribution in [2.45, 2.75) is 71.6 Å². The highest BCUT2D eigenvalue weighted by Crippen LogP contribution is 2.26. The molecular weight excluding hydrogens is 310 g/mol. The van der Waals surface area contributed by atoms with E-state index in [0.717, 1.165) is 42.5 Å². The van der Waals surface area contributed by atoms with Crippen LogP contribution in [-0.4, -0.2) is 39.5 Å². The molecule has 1 aliphatic rings. The van der Waals surface area contributed by atoms with Gasteiger partial charge in [0.2, 0.25) is 0 Å². The second-order valence-corrected chi connectivity index (χ2v) is 7.44. The van der Waals surface area contributed by atoms with E-state index >= 15 is 0 Å². The Labute approximate surface area is 151 Å². The Bertz CT molecular complexity index is 685. The number of hydrogen-bond donors (Lipinski definition) is 2. The van der Waals surface area contributed by atoms with E-state index in [1.165, 1.54) is 63.0 Å². The fourth-order valence-corrected chi connectivity index (χ4v) is 3.88. The van der Waals surface area contributed by atoms with Crippen LogP contribution in [0.25, 0.3) is 11.0 Å². The van der Waals surface area contributed by atoms with Crippen molar-refractivity contribution in [3.63, 3.8) is 0 Å². The first-order valence-corrected chi connectivity index (χ1v) is 10.0. The number of fused-ring (bicyclic) bond motifs is 1. The first-order valence-electron chi connectivity index (χ1n) is 10.0. The number of nitrogen functional groups attached to an aromatic ring is 1. The number of nitrogens with one attached hydrogen (secondary N) is 1. The van der Waals surface area contributed by atoms with Gasteiger partial charge in [-0.1, -0.05) is 19.8 Å². The maximum Gasteiger partial charge on any atom is 0.151 e. The molecule has 3 rings (SSSR count). The number of nitrogens with zero attached hydrogens (tertiary/aromatic N) is 3. The zero-order chi connectivity index (χ0) is 17.6. The van der Waals surface area contributed by atoms with Crippen molar-refractivity contribution in [2.24, 2.45) is 0 Å². The van der Waals surface area contributed by atoms with Crippen LogP contribution in [-0.2, 0) is 12.8 Å². The van der Waals surface area contributed by atoms with E-state index in [2.05, 4.69) is 28.7 Å². The van der Waals surface area contributed by atoms with Gasteiger partial charge in [0, 0.05) is 12.1 Å². The molecular formula is C20H33N5. The molecule has 3 heterocycles. The van der Waals surface area contributed by atoms with Gasteiger partial charge in [-0.05, 0) is 70.6 Å². The lowest BCUT2D eigenvalue weighted by atomic mass is 10.1. The minimum Gasteiger partial charge on any atom is -0.382 e. The molecule has 0 aromatic carbocycles. The van der Waals surface area contributed by atoms with Crippen LogP contribution in [0.15, 0.2) is 0 Å². The molecule has 0 radical (unpaired) electrons. The van der Waals surface area contributed by atoms with Crippen LogP contribution in [0, 0.1) is 6.92 Å². The van der Waals surface area contributed by atoms with E-state index in [-0.39, 0.29) is 0 Å². The molecule has 3 N–H and O–H groups in total. The SMILES string of the molecule is CCCCc1nc(N)c2[nH]c(C)c(CCCCN3CCCCC3)c2n1. The van der Waals surface area contributed by atoms with Crippen LogP contribution in [0.3, 0.4) is 0 Å². The van der Waals surface area contributed by atoms with Gasteiger partial charge >= 0.3 is 0 Å². The monoisotopic (exact) mass is 343 g/mol. The standard InChI is InChI=1S/C20H33N5/c1-3-4-11-17-23-18-16(15(2)22-19(18)20(21)24-17)10-6-9-14-25-12-7-5-8-13-25/h22H,3-14H2,1-2H3,(H2,21,23,24). The molecule has 1 aliphatic heterocycles. The van der Waals surface area contributed by atoms with Gasteiger partial charge < -0.3 is 15.6 Å². The molecule has 0 spiro atoms. The molecule has 25 heavy (non-hydrogen) atoms. The van der Waals surface area contributed by atoms with Gasteiger partial charge in [0.05, 0.1) is 5.52 Å². The fraction of sp³-hybridized carbons (Fsp3) is 0.700. The van der Waals surface area contributed by atoms with Crippen molar-refractivity contribution in [2.75, 3.05) is 25.4 Å². The van der Waals surface area contributed by atoms with Crippen molar-refractivity contribution in [1.82, 2.24) is 19.9 Å². The molecule has 0 unspecified atom stereocenters. The lowest BCUT2D eigenvalue weighted by Crippen LogP contribution is -2.30. The number of nitrogens with two attached hydrogens (primary N) is 1. The molecule has 0 atom stereocenters. The van der Waals surface area contributed by atoms with Crippen LogP contribution in [0.4, 0.5) is 5.82 Å². The number of anilines is 1. The Morgan fingerprint density at radius 1 is 1.04 bits per heavy atom. The third kappa shape index (κ3) is 4.51. The van der Waals surface area contributed by atoms with Gasteiger partial charge in [0.15, 0.2) is 5.82 Å². The van der Waals surface area contributed by atoms with E-state index in [1.54, 1.807) is 0 Å². The van der Waals surface area contributed by atoms with Gasteiger partial charge in [-0.3, -0.25) is 0 Å². The number of likely N-dealkylation sites (tertiary alicyclic amines) is 1. The lowest BCUT2D eigenvalue weighted by Gasteiger charge is -2.26. The van der Waals surface area contributed by atoms with Crippen LogP contribution < -0.4 is 5.73 Å². The van der Waals surface area contributed by atoms with Gasteiger partial charge in [-0.2, -0.15) is 0 Å². The Kier molecular flexibility index (Phi) is 6.29. The minimum absolute atomic E-state index is 0.596. The van der Waals surface area contributed by atoms with Gasteiger partial charge in [0.1, 0.15) is 11.3 Å². The summed E-state index contributed by atoms with van der Waals surface area (Å²) in [7, 11) is 0. The maximum atomic E-state index is 6.17. The summed E-state index contributed by atoms with van der Waals surface area (Å²) in [5.41, 5.74) is 10.7. The van der Waals surface area contributed by atoms with Crippen LogP contribution in [0.5, 0.6) is 0 Å². The lowest BCUT2D eigenvalue weighted by molar-refractivity contribution is 0.225. The number of rotatable bonds is 8. The summed E-state index contributed by atoms with van der Waals surface area (Å²) in [5, 5.41) is 0. The predicted octanol–water partition coefficient (Wildman–Crippen LogP) is 4.00. The fourth-order valence-electron chi connectivity index (χ4n) is 3.88. The summed E-state index contributed by atoms with van der Waals surface area (Å²) in [6, 6.07) is 0. The highest BCUT2D eigenvalue weighted by molar-refractivity contribution is 5.88. The van der Waals surface area contributed by atoms with Crippen LogP contribution in [0.2, 0.25) is 0 Å². The highest BCUT2D eigenvalue weighted by Gasteiger charge is 2.15. The smallest absolute Gasteiger partial charge is 0.151 e. The molecule has 1 saturated heterocycles. The number of aromatic nitrogens is 3.